The van der Waals surface area contributed by atoms with Crippen LogP contribution in [0.4, 0.5) is 18.9 Å². The Kier molecular flexibility index (Phi) is 3.22. The van der Waals surface area contributed by atoms with Crippen LogP contribution in [0.1, 0.15) is 0 Å². The smallest absolute Gasteiger partial charge is 0.395 e. The number of hydrogen-bond donors (Lipinski definition) is 3. The van der Waals surface area contributed by atoms with E-state index < -0.39 is 30.6 Å². The Labute approximate surface area is 99.7 Å². The van der Waals surface area contributed by atoms with Gasteiger partial charge in [-0.3, -0.25) is 0 Å². The van der Waals surface area contributed by atoms with Gasteiger partial charge in [-0.05, 0) is 0 Å². The van der Waals surface area contributed by atoms with Gasteiger partial charge in [0.15, 0.2) is 11.5 Å². The molecule has 1 heterocycles. The number of hydrogen-bond acceptors (Lipinski definition) is 5. The Balaban J connectivity index is 2.15. The van der Waals surface area contributed by atoms with E-state index in [0.29, 0.717) is 0 Å². The van der Waals surface area contributed by atoms with Gasteiger partial charge in [-0.1, -0.05) is 0 Å². The largest absolute Gasteiger partial charge is 0.586 e. The Morgan fingerprint density at radius 3 is 2.50 bits per heavy atom. The predicted octanol–water partition coefficient (Wildman–Crippen LogP) is 0.912. The molecule has 0 saturated carbocycles. The monoisotopic (exact) mass is 265 g/mol. The van der Waals surface area contributed by atoms with Gasteiger partial charge in [-0.2, -0.15) is 0 Å². The van der Waals surface area contributed by atoms with Gasteiger partial charge >= 0.3 is 6.29 Å². The van der Waals surface area contributed by atoms with Crippen LogP contribution in [-0.4, -0.2) is 35.8 Å². The van der Waals surface area contributed by atoms with Crippen LogP contribution in [0.15, 0.2) is 12.1 Å². The SMILES string of the molecule is OCC(O)CNc1cc2c(cc1F)OC(F)(F)O2. The fourth-order valence-electron chi connectivity index (χ4n) is 1.40. The number of halogens is 3. The molecule has 0 spiro atoms. The number of aliphatic hydroxyl groups is 2. The second-order valence-corrected chi connectivity index (χ2v) is 3.66. The van der Waals surface area contributed by atoms with Crippen molar-refractivity contribution in [1.82, 2.24) is 0 Å². The molecular weight excluding hydrogens is 255 g/mol. The molecule has 0 radical (unpaired) electrons. The molecule has 0 amide bonds. The van der Waals surface area contributed by atoms with Crippen molar-refractivity contribution in [3.05, 3.63) is 17.9 Å². The van der Waals surface area contributed by atoms with Crippen LogP contribution in [-0.2, 0) is 0 Å². The van der Waals surface area contributed by atoms with Crippen LogP contribution in [0.5, 0.6) is 11.5 Å². The highest BCUT2D eigenvalue weighted by Gasteiger charge is 2.44. The number of ether oxygens (including phenoxy) is 2. The third-order valence-electron chi connectivity index (χ3n) is 2.23. The molecule has 0 aromatic heterocycles. The van der Waals surface area contributed by atoms with Crippen molar-refractivity contribution in [1.29, 1.82) is 0 Å². The zero-order chi connectivity index (χ0) is 13.3. The Bertz CT molecular complexity index is 455. The lowest BCUT2D eigenvalue weighted by atomic mass is 10.2. The predicted molar refractivity (Wildman–Crippen MR) is 54.2 cm³/mol. The first-order valence-electron chi connectivity index (χ1n) is 5.03. The lowest BCUT2D eigenvalue weighted by molar-refractivity contribution is -0.286. The fraction of sp³-hybridized carbons (Fsp3) is 0.400. The van der Waals surface area contributed by atoms with E-state index >= 15 is 0 Å². The van der Waals surface area contributed by atoms with Gasteiger partial charge in [0, 0.05) is 18.7 Å². The zero-order valence-corrected chi connectivity index (χ0v) is 8.99. The highest BCUT2D eigenvalue weighted by Crippen LogP contribution is 2.43. The highest BCUT2D eigenvalue weighted by molar-refractivity contribution is 5.57. The minimum Gasteiger partial charge on any atom is -0.395 e. The summed E-state index contributed by atoms with van der Waals surface area (Å²) in [7, 11) is 0. The molecule has 1 unspecified atom stereocenters. The first-order chi connectivity index (χ1) is 8.41. The number of anilines is 1. The zero-order valence-electron chi connectivity index (χ0n) is 8.99. The van der Waals surface area contributed by atoms with Crippen molar-refractivity contribution in [2.75, 3.05) is 18.5 Å². The molecule has 18 heavy (non-hydrogen) atoms. The quantitative estimate of drug-likeness (QED) is 0.755. The van der Waals surface area contributed by atoms with Gasteiger partial charge < -0.3 is 25.0 Å². The normalized spacial score (nSPS) is 17.6. The number of aliphatic hydroxyl groups excluding tert-OH is 2. The topological polar surface area (TPSA) is 71.0 Å². The first-order valence-corrected chi connectivity index (χ1v) is 5.03. The van der Waals surface area contributed by atoms with E-state index in [4.69, 9.17) is 10.2 Å². The van der Waals surface area contributed by atoms with Crippen molar-refractivity contribution >= 4 is 5.69 Å². The van der Waals surface area contributed by atoms with Crippen molar-refractivity contribution < 1.29 is 32.9 Å². The van der Waals surface area contributed by atoms with E-state index in [0.717, 1.165) is 12.1 Å². The molecule has 0 aliphatic carbocycles. The molecule has 1 aliphatic heterocycles. The number of benzene rings is 1. The third kappa shape index (κ3) is 2.59. The van der Waals surface area contributed by atoms with Gasteiger partial charge in [-0.25, -0.2) is 4.39 Å². The second kappa shape index (κ2) is 4.54. The molecule has 3 N–H and O–H groups in total. The van der Waals surface area contributed by atoms with E-state index in [1.807, 2.05) is 0 Å². The van der Waals surface area contributed by atoms with E-state index in [1.54, 1.807) is 0 Å². The maximum atomic E-state index is 13.5. The van der Waals surface area contributed by atoms with Crippen molar-refractivity contribution in [3.8, 4) is 11.5 Å². The van der Waals surface area contributed by atoms with Crippen LogP contribution < -0.4 is 14.8 Å². The molecule has 1 atom stereocenters. The summed E-state index contributed by atoms with van der Waals surface area (Å²) in [6, 6.07) is 1.75. The summed E-state index contributed by atoms with van der Waals surface area (Å²) < 4.78 is 47.1. The molecule has 2 rings (SSSR count). The van der Waals surface area contributed by atoms with Gasteiger partial charge in [0.1, 0.15) is 5.82 Å². The van der Waals surface area contributed by atoms with Crippen LogP contribution in [0, 0.1) is 5.82 Å². The van der Waals surface area contributed by atoms with Crippen molar-refractivity contribution in [3.63, 3.8) is 0 Å². The maximum absolute atomic E-state index is 13.5. The maximum Gasteiger partial charge on any atom is 0.586 e. The lowest BCUT2D eigenvalue weighted by Crippen LogP contribution is -2.26. The van der Waals surface area contributed by atoms with E-state index in [-0.39, 0.29) is 18.0 Å². The van der Waals surface area contributed by atoms with Crippen molar-refractivity contribution in [2.45, 2.75) is 12.4 Å². The van der Waals surface area contributed by atoms with Crippen LogP contribution in [0.2, 0.25) is 0 Å². The average molecular weight is 265 g/mol. The molecule has 8 heteroatoms. The third-order valence-corrected chi connectivity index (χ3v) is 2.23. The number of nitrogens with one attached hydrogen (secondary N) is 1. The molecule has 1 aromatic rings. The fourth-order valence-corrected chi connectivity index (χ4v) is 1.40. The molecular formula is C10H10F3NO4. The Morgan fingerprint density at radius 1 is 1.28 bits per heavy atom. The summed E-state index contributed by atoms with van der Waals surface area (Å²) >= 11 is 0. The summed E-state index contributed by atoms with van der Waals surface area (Å²) in [6.07, 6.45) is -4.89. The van der Waals surface area contributed by atoms with Crippen LogP contribution >= 0.6 is 0 Å². The van der Waals surface area contributed by atoms with E-state index in [2.05, 4.69) is 14.8 Å². The van der Waals surface area contributed by atoms with E-state index in [9.17, 15) is 13.2 Å². The molecule has 0 bridgehead atoms. The van der Waals surface area contributed by atoms with Gasteiger partial charge in [0.25, 0.3) is 0 Å². The summed E-state index contributed by atoms with van der Waals surface area (Å²) in [5.41, 5.74) is -0.137. The number of alkyl halides is 2. The first kappa shape index (κ1) is 12.8. The molecule has 1 aromatic carbocycles. The van der Waals surface area contributed by atoms with Crippen LogP contribution in [0.3, 0.4) is 0 Å². The van der Waals surface area contributed by atoms with Crippen LogP contribution in [0.25, 0.3) is 0 Å². The average Bonchev–Trinajstić information content (AvgIpc) is 2.58. The Hall–Kier alpha value is -1.67. The summed E-state index contributed by atoms with van der Waals surface area (Å²) in [4.78, 5) is 0. The molecule has 100 valence electrons. The van der Waals surface area contributed by atoms with Gasteiger partial charge in [-0.15, -0.1) is 8.78 Å². The summed E-state index contributed by atoms with van der Waals surface area (Å²) in [5, 5.41) is 20.1. The van der Waals surface area contributed by atoms with E-state index in [1.165, 1.54) is 0 Å². The highest BCUT2D eigenvalue weighted by atomic mass is 19.3. The minimum absolute atomic E-state index is 0.135. The number of rotatable bonds is 4. The Morgan fingerprint density at radius 2 is 1.89 bits per heavy atom. The summed E-state index contributed by atoms with van der Waals surface area (Å²) in [6.45, 7) is -0.638. The molecule has 0 fully saturated rings. The van der Waals surface area contributed by atoms with Gasteiger partial charge in [0.05, 0.1) is 18.4 Å². The van der Waals surface area contributed by atoms with Gasteiger partial charge in [0.2, 0.25) is 0 Å². The molecule has 1 aliphatic rings. The minimum atomic E-state index is -3.81. The lowest BCUT2D eigenvalue weighted by Gasteiger charge is -2.11. The number of fused-ring (bicyclic) bond motifs is 1. The molecule has 0 saturated heterocycles. The summed E-state index contributed by atoms with van der Waals surface area (Å²) in [5.74, 6) is -1.53. The van der Waals surface area contributed by atoms with Crippen molar-refractivity contribution in [2.24, 2.45) is 0 Å². The standard InChI is InChI=1S/C10H10F3NO4/c11-6-1-8-9(18-10(12,13)17-8)2-7(6)14-3-5(16)4-15/h1-2,5,14-16H,3-4H2. The molecule has 5 nitrogen and oxygen atoms in total. The second-order valence-electron chi connectivity index (χ2n) is 3.66.